The van der Waals surface area contributed by atoms with Crippen molar-refractivity contribution in [1.29, 1.82) is 0 Å². The Labute approximate surface area is 133 Å². The van der Waals surface area contributed by atoms with Gasteiger partial charge in [-0.15, -0.1) is 0 Å². The molecule has 0 amide bonds. The lowest BCUT2D eigenvalue weighted by Gasteiger charge is -2.12. The third-order valence-electron chi connectivity index (χ3n) is 3.46. The van der Waals surface area contributed by atoms with Crippen LogP contribution in [0.3, 0.4) is 0 Å². The predicted molar refractivity (Wildman–Crippen MR) is 83.9 cm³/mol. The Morgan fingerprint density at radius 1 is 1.09 bits per heavy atom. The number of nitrogens with zero attached hydrogens (tertiary/aromatic N) is 5. The Morgan fingerprint density at radius 2 is 1.78 bits per heavy atom. The van der Waals surface area contributed by atoms with Crippen LogP contribution >= 0.6 is 0 Å². The lowest BCUT2D eigenvalue weighted by atomic mass is 10.1. The third kappa shape index (κ3) is 3.26. The maximum absolute atomic E-state index is 12.7. The fourth-order valence-corrected chi connectivity index (χ4v) is 3.86. The van der Waals surface area contributed by atoms with E-state index >= 15 is 0 Å². The molecule has 0 saturated carbocycles. The van der Waals surface area contributed by atoms with Gasteiger partial charge >= 0.3 is 0 Å². The summed E-state index contributed by atoms with van der Waals surface area (Å²) in [4.78, 5) is 3.94. The molecule has 8 heteroatoms. The number of hydrogen-bond acceptors (Lipinski definition) is 6. The number of benzene rings is 1. The average molecular weight is 329 g/mol. The second-order valence-corrected chi connectivity index (χ2v) is 7.10. The van der Waals surface area contributed by atoms with Crippen LogP contribution in [-0.4, -0.2) is 39.4 Å². The van der Waals surface area contributed by atoms with E-state index in [2.05, 4.69) is 20.5 Å². The lowest BCUT2D eigenvalue weighted by Crippen LogP contribution is -2.18. The number of pyridine rings is 1. The van der Waals surface area contributed by atoms with E-state index in [0.29, 0.717) is 5.69 Å². The van der Waals surface area contributed by atoms with Gasteiger partial charge in [-0.1, -0.05) is 30.2 Å². The molecule has 0 aliphatic rings. The van der Waals surface area contributed by atoms with Crippen molar-refractivity contribution in [3.63, 3.8) is 0 Å². The number of hydrogen-bond donors (Lipinski definition) is 0. The zero-order chi connectivity index (χ0) is 16.3. The van der Waals surface area contributed by atoms with Gasteiger partial charge in [0.2, 0.25) is 9.84 Å². The number of aromatic nitrogens is 5. The molecule has 0 N–H and O–H groups in total. The monoisotopic (exact) mass is 329 g/mol. The van der Waals surface area contributed by atoms with Gasteiger partial charge in [-0.25, -0.2) is 8.42 Å². The Hall–Kier alpha value is -2.61. The highest BCUT2D eigenvalue weighted by Crippen LogP contribution is 2.21. The Balaban J connectivity index is 1.91. The normalized spacial score (nSPS) is 12.9. The van der Waals surface area contributed by atoms with E-state index in [1.54, 1.807) is 48.8 Å². The molecule has 3 aromatic rings. The van der Waals surface area contributed by atoms with E-state index < -0.39 is 9.84 Å². The fraction of sp³-hybridized carbons (Fsp3) is 0.200. The van der Waals surface area contributed by atoms with Gasteiger partial charge in [-0.3, -0.25) is 4.98 Å². The maximum atomic E-state index is 12.7. The highest BCUT2D eigenvalue weighted by molar-refractivity contribution is 7.91. The van der Waals surface area contributed by atoms with Crippen molar-refractivity contribution in [1.82, 2.24) is 25.2 Å². The first-order chi connectivity index (χ1) is 11.1. The molecule has 0 bridgehead atoms. The maximum Gasteiger partial charge on any atom is 0.272 e. The van der Waals surface area contributed by atoms with E-state index in [0.717, 1.165) is 5.56 Å². The summed E-state index contributed by atoms with van der Waals surface area (Å²) in [6.07, 6.45) is 3.29. The number of rotatable bonds is 5. The van der Waals surface area contributed by atoms with Crippen LogP contribution in [0, 0.1) is 0 Å². The van der Waals surface area contributed by atoms with Crippen LogP contribution in [-0.2, 0) is 9.84 Å². The first-order valence-electron chi connectivity index (χ1n) is 7.04. The zero-order valence-corrected chi connectivity index (χ0v) is 13.3. The first kappa shape index (κ1) is 15.3. The van der Waals surface area contributed by atoms with Gasteiger partial charge in [0.05, 0.1) is 11.4 Å². The molecule has 0 radical (unpaired) electrons. The van der Waals surface area contributed by atoms with Crippen LogP contribution in [0.5, 0.6) is 0 Å². The van der Waals surface area contributed by atoms with E-state index in [4.69, 9.17) is 0 Å². The van der Waals surface area contributed by atoms with Gasteiger partial charge in [0, 0.05) is 12.4 Å². The van der Waals surface area contributed by atoms with Crippen LogP contribution in [0.15, 0.2) is 60.0 Å². The molecule has 7 nitrogen and oxygen atoms in total. The van der Waals surface area contributed by atoms with E-state index in [-0.39, 0.29) is 16.8 Å². The largest absolute Gasteiger partial charge is 0.272 e. The van der Waals surface area contributed by atoms with Crippen LogP contribution in [0.4, 0.5) is 0 Å². The Kier molecular flexibility index (Phi) is 4.16. The average Bonchev–Trinajstić information content (AvgIpc) is 3.07. The minimum Gasteiger partial charge on any atom is -0.265 e. The minimum absolute atomic E-state index is 0.0791. The first-order valence-corrected chi connectivity index (χ1v) is 8.69. The van der Waals surface area contributed by atoms with Crippen molar-refractivity contribution < 1.29 is 8.42 Å². The van der Waals surface area contributed by atoms with Crippen LogP contribution in [0.1, 0.15) is 18.4 Å². The second kappa shape index (κ2) is 6.25. The molecule has 0 spiro atoms. The smallest absolute Gasteiger partial charge is 0.265 e. The van der Waals surface area contributed by atoms with Crippen molar-refractivity contribution in [2.75, 3.05) is 5.75 Å². The highest BCUT2D eigenvalue weighted by Gasteiger charge is 2.26. The molecule has 3 rings (SSSR count). The number of para-hydroxylation sites is 1. The van der Waals surface area contributed by atoms with Crippen molar-refractivity contribution >= 4 is 9.84 Å². The highest BCUT2D eigenvalue weighted by atomic mass is 32.2. The van der Waals surface area contributed by atoms with E-state index in [1.807, 2.05) is 13.0 Å². The molecule has 0 aliphatic carbocycles. The van der Waals surface area contributed by atoms with Crippen molar-refractivity contribution in [2.45, 2.75) is 18.0 Å². The Morgan fingerprint density at radius 3 is 2.48 bits per heavy atom. The number of sulfone groups is 1. The molecule has 118 valence electrons. The summed E-state index contributed by atoms with van der Waals surface area (Å²) in [7, 11) is -3.64. The van der Waals surface area contributed by atoms with Crippen LogP contribution in [0.2, 0.25) is 0 Å². The molecule has 0 fully saturated rings. The van der Waals surface area contributed by atoms with Gasteiger partial charge in [0.25, 0.3) is 5.16 Å². The van der Waals surface area contributed by atoms with Crippen molar-refractivity contribution in [3.05, 3.63) is 60.4 Å². The summed E-state index contributed by atoms with van der Waals surface area (Å²) in [5.74, 6) is -0.270. The number of tetrazole rings is 1. The molecule has 1 atom stereocenters. The molecule has 23 heavy (non-hydrogen) atoms. The predicted octanol–water partition coefficient (Wildman–Crippen LogP) is 1.63. The van der Waals surface area contributed by atoms with Crippen molar-refractivity contribution in [2.24, 2.45) is 0 Å². The quantitative estimate of drug-likeness (QED) is 0.706. The molecular formula is C15H15N5O2S. The lowest BCUT2D eigenvalue weighted by molar-refractivity contribution is 0.575. The standard InChI is InChI=1S/C15H15N5O2S/c1-12(13-7-9-16-10-8-13)11-23(21,22)15-17-18-19-20(15)14-5-3-2-4-6-14/h2-10,12H,11H2,1H3. The summed E-state index contributed by atoms with van der Waals surface area (Å²) >= 11 is 0. The van der Waals surface area contributed by atoms with Crippen LogP contribution < -0.4 is 0 Å². The Bertz CT molecular complexity index is 879. The van der Waals surface area contributed by atoms with Gasteiger partial charge in [-0.05, 0) is 46.2 Å². The van der Waals surface area contributed by atoms with E-state index in [9.17, 15) is 8.42 Å². The van der Waals surface area contributed by atoms with Gasteiger partial charge in [0.1, 0.15) is 0 Å². The van der Waals surface area contributed by atoms with Gasteiger partial charge in [-0.2, -0.15) is 4.68 Å². The topological polar surface area (TPSA) is 90.6 Å². The fourth-order valence-electron chi connectivity index (χ4n) is 2.30. The van der Waals surface area contributed by atoms with Crippen molar-refractivity contribution in [3.8, 4) is 5.69 Å². The van der Waals surface area contributed by atoms with Crippen LogP contribution in [0.25, 0.3) is 5.69 Å². The van der Waals surface area contributed by atoms with Gasteiger partial charge < -0.3 is 0 Å². The molecule has 2 heterocycles. The second-order valence-electron chi connectivity index (χ2n) is 5.17. The summed E-state index contributed by atoms with van der Waals surface area (Å²) in [6, 6.07) is 12.6. The third-order valence-corrected chi connectivity index (χ3v) is 5.21. The summed E-state index contributed by atoms with van der Waals surface area (Å²) < 4.78 is 26.6. The summed E-state index contributed by atoms with van der Waals surface area (Å²) in [5, 5.41) is 10.9. The molecule has 0 aliphatic heterocycles. The molecule has 1 aromatic carbocycles. The molecule has 0 saturated heterocycles. The molecule has 2 aromatic heterocycles. The zero-order valence-electron chi connectivity index (χ0n) is 12.4. The minimum atomic E-state index is -3.64. The van der Waals surface area contributed by atoms with E-state index in [1.165, 1.54) is 4.68 Å². The SMILES string of the molecule is CC(CS(=O)(=O)c1nnnn1-c1ccccc1)c1ccncc1. The summed E-state index contributed by atoms with van der Waals surface area (Å²) in [5.41, 5.74) is 1.51. The molecule has 1 unspecified atom stereocenters. The molecular weight excluding hydrogens is 314 g/mol. The summed E-state index contributed by atoms with van der Waals surface area (Å²) in [6.45, 7) is 1.85. The van der Waals surface area contributed by atoms with Gasteiger partial charge in [0.15, 0.2) is 0 Å².